The van der Waals surface area contributed by atoms with E-state index in [2.05, 4.69) is 0 Å². The van der Waals surface area contributed by atoms with Crippen LogP contribution in [0.5, 0.6) is 0 Å². The van der Waals surface area contributed by atoms with Gasteiger partial charge in [-0.05, 0) is 45.2 Å². The van der Waals surface area contributed by atoms with Crippen molar-refractivity contribution in [2.75, 3.05) is 13.1 Å². The zero-order chi connectivity index (χ0) is 15.6. The van der Waals surface area contributed by atoms with Gasteiger partial charge in [-0.3, -0.25) is 4.79 Å². The second-order valence-corrected chi connectivity index (χ2v) is 6.57. The van der Waals surface area contributed by atoms with Crippen LogP contribution in [-0.2, 0) is 9.53 Å². The summed E-state index contributed by atoms with van der Waals surface area (Å²) in [5.41, 5.74) is 1.67. The number of ketones is 1. The summed E-state index contributed by atoms with van der Waals surface area (Å²) in [7, 11) is 0. The molecule has 1 aromatic rings. The van der Waals surface area contributed by atoms with Crippen LogP contribution in [0.15, 0.2) is 24.3 Å². The van der Waals surface area contributed by atoms with Gasteiger partial charge in [0.05, 0.1) is 6.54 Å². The molecule has 4 heteroatoms. The highest BCUT2D eigenvalue weighted by Crippen LogP contribution is 2.28. The predicted molar refractivity (Wildman–Crippen MR) is 81.4 cm³/mol. The number of likely N-dealkylation sites (tertiary alicyclic amines) is 1. The number of carbonyl (C=O) groups is 2. The van der Waals surface area contributed by atoms with Gasteiger partial charge in [-0.1, -0.05) is 24.3 Å². The zero-order valence-corrected chi connectivity index (χ0v) is 13.2. The summed E-state index contributed by atoms with van der Waals surface area (Å²) in [5, 5.41) is 0. The van der Waals surface area contributed by atoms with Gasteiger partial charge in [0.1, 0.15) is 5.60 Å². The summed E-state index contributed by atoms with van der Waals surface area (Å²) in [6, 6.07) is 7.94. The Labute approximate surface area is 126 Å². The topological polar surface area (TPSA) is 46.6 Å². The van der Waals surface area contributed by atoms with Crippen LogP contribution >= 0.6 is 0 Å². The average molecular weight is 289 g/mol. The third kappa shape index (κ3) is 3.84. The molecule has 1 fully saturated rings. The molecule has 1 amide bonds. The van der Waals surface area contributed by atoms with Crippen molar-refractivity contribution in [3.8, 4) is 0 Å². The third-order valence-electron chi connectivity index (χ3n) is 3.64. The number of piperidine rings is 1. The highest BCUT2D eigenvalue weighted by molar-refractivity contribution is 5.91. The highest BCUT2D eigenvalue weighted by atomic mass is 16.6. The number of nitrogens with zero attached hydrogens (tertiary/aromatic N) is 1. The van der Waals surface area contributed by atoms with Gasteiger partial charge >= 0.3 is 6.09 Å². The van der Waals surface area contributed by atoms with E-state index in [4.69, 9.17) is 4.74 Å². The van der Waals surface area contributed by atoms with E-state index in [1.165, 1.54) is 4.90 Å². The van der Waals surface area contributed by atoms with Crippen LogP contribution < -0.4 is 0 Å². The van der Waals surface area contributed by atoms with E-state index in [9.17, 15) is 9.59 Å². The minimum absolute atomic E-state index is 0.0846. The van der Waals surface area contributed by atoms with Gasteiger partial charge in [-0.15, -0.1) is 0 Å². The van der Waals surface area contributed by atoms with Crippen molar-refractivity contribution in [3.63, 3.8) is 0 Å². The molecule has 0 spiro atoms. The maximum absolute atomic E-state index is 12.4. The Morgan fingerprint density at radius 1 is 1.29 bits per heavy atom. The maximum atomic E-state index is 12.4. The fraction of sp³-hybridized carbons (Fsp3) is 0.529. The SMILES string of the molecule is Cc1ccccc1[C@@H]1CCN(C(=O)OC(C)(C)C)CC1=O. The standard InChI is InChI=1S/C17H23NO3/c1-12-7-5-6-8-13(12)14-9-10-18(11-15(14)19)16(20)21-17(2,3)4/h5-8,14H,9-11H2,1-4H3/t14-/m0/s1. The Morgan fingerprint density at radius 3 is 2.52 bits per heavy atom. The number of carbonyl (C=O) groups excluding carboxylic acids is 2. The summed E-state index contributed by atoms with van der Waals surface area (Å²) < 4.78 is 5.32. The Morgan fingerprint density at radius 2 is 1.95 bits per heavy atom. The second kappa shape index (κ2) is 5.88. The lowest BCUT2D eigenvalue weighted by Crippen LogP contribution is -2.45. The average Bonchev–Trinajstić information content (AvgIpc) is 2.38. The lowest BCUT2D eigenvalue weighted by molar-refractivity contribution is -0.123. The van der Waals surface area contributed by atoms with Crippen LogP contribution in [-0.4, -0.2) is 35.5 Å². The number of Topliss-reactive ketones (excluding diaryl/α,β-unsaturated/α-hetero) is 1. The number of rotatable bonds is 1. The molecule has 2 rings (SSSR count). The summed E-state index contributed by atoms with van der Waals surface area (Å²) in [4.78, 5) is 25.9. The minimum Gasteiger partial charge on any atom is -0.444 e. The van der Waals surface area contributed by atoms with Gasteiger partial charge in [-0.2, -0.15) is 0 Å². The molecule has 21 heavy (non-hydrogen) atoms. The molecular formula is C17H23NO3. The van der Waals surface area contributed by atoms with E-state index >= 15 is 0 Å². The molecule has 0 saturated carbocycles. The van der Waals surface area contributed by atoms with Gasteiger partial charge in [-0.25, -0.2) is 4.79 Å². The second-order valence-electron chi connectivity index (χ2n) is 6.57. The van der Waals surface area contributed by atoms with Crippen molar-refractivity contribution < 1.29 is 14.3 Å². The van der Waals surface area contributed by atoms with Gasteiger partial charge in [0.2, 0.25) is 0 Å². The normalized spacial score (nSPS) is 19.5. The van der Waals surface area contributed by atoms with E-state index in [-0.39, 0.29) is 18.2 Å². The largest absolute Gasteiger partial charge is 0.444 e. The van der Waals surface area contributed by atoms with E-state index in [0.717, 1.165) is 11.1 Å². The molecule has 1 saturated heterocycles. The summed E-state index contributed by atoms with van der Waals surface area (Å²) in [6.45, 7) is 8.18. The van der Waals surface area contributed by atoms with Crippen LogP contribution in [0.1, 0.15) is 44.2 Å². The van der Waals surface area contributed by atoms with Crippen molar-refractivity contribution in [1.29, 1.82) is 0 Å². The number of amides is 1. The van der Waals surface area contributed by atoms with Crippen molar-refractivity contribution in [2.24, 2.45) is 0 Å². The van der Waals surface area contributed by atoms with Crippen LogP contribution in [0.4, 0.5) is 4.79 Å². The molecule has 1 aliphatic heterocycles. The lowest BCUT2D eigenvalue weighted by Gasteiger charge is -2.33. The molecule has 114 valence electrons. The van der Waals surface area contributed by atoms with Crippen LogP contribution in [0.2, 0.25) is 0 Å². The van der Waals surface area contributed by atoms with E-state index in [0.29, 0.717) is 13.0 Å². The molecule has 1 atom stereocenters. The fourth-order valence-electron chi connectivity index (χ4n) is 2.61. The predicted octanol–water partition coefficient (Wildman–Crippen LogP) is 3.29. The Hall–Kier alpha value is -1.84. The van der Waals surface area contributed by atoms with Gasteiger partial charge < -0.3 is 9.64 Å². The Kier molecular flexibility index (Phi) is 4.35. The van der Waals surface area contributed by atoms with Crippen LogP contribution in [0.3, 0.4) is 0 Å². The molecule has 1 aromatic carbocycles. The Balaban J connectivity index is 2.05. The van der Waals surface area contributed by atoms with Crippen molar-refractivity contribution in [2.45, 2.75) is 45.6 Å². The van der Waals surface area contributed by atoms with E-state index in [1.54, 1.807) is 0 Å². The summed E-state index contributed by atoms with van der Waals surface area (Å²) in [6.07, 6.45) is 0.252. The number of aryl methyl sites for hydroxylation is 1. The molecule has 0 unspecified atom stereocenters. The third-order valence-corrected chi connectivity index (χ3v) is 3.64. The molecule has 0 aliphatic carbocycles. The maximum Gasteiger partial charge on any atom is 0.410 e. The molecule has 4 nitrogen and oxygen atoms in total. The monoisotopic (exact) mass is 289 g/mol. The lowest BCUT2D eigenvalue weighted by atomic mass is 9.86. The van der Waals surface area contributed by atoms with Crippen molar-refractivity contribution in [1.82, 2.24) is 4.90 Å². The smallest absolute Gasteiger partial charge is 0.410 e. The number of hydrogen-bond acceptors (Lipinski definition) is 3. The number of hydrogen-bond donors (Lipinski definition) is 0. The number of benzene rings is 1. The van der Waals surface area contributed by atoms with E-state index < -0.39 is 11.7 Å². The van der Waals surface area contributed by atoms with Crippen molar-refractivity contribution in [3.05, 3.63) is 35.4 Å². The molecule has 0 aromatic heterocycles. The summed E-state index contributed by atoms with van der Waals surface area (Å²) in [5.74, 6) is -0.0219. The molecule has 0 bridgehead atoms. The zero-order valence-electron chi connectivity index (χ0n) is 13.2. The first-order valence-corrected chi connectivity index (χ1v) is 7.34. The first kappa shape index (κ1) is 15.5. The molecular weight excluding hydrogens is 266 g/mol. The van der Waals surface area contributed by atoms with Crippen LogP contribution in [0, 0.1) is 6.92 Å². The van der Waals surface area contributed by atoms with E-state index in [1.807, 2.05) is 52.0 Å². The number of ether oxygens (including phenoxy) is 1. The van der Waals surface area contributed by atoms with Gasteiger partial charge in [0.25, 0.3) is 0 Å². The molecule has 0 radical (unpaired) electrons. The quantitative estimate of drug-likeness (QED) is 0.797. The molecule has 0 N–H and O–H groups in total. The fourth-order valence-corrected chi connectivity index (χ4v) is 2.61. The first-order chi connectivity index (χ1) is 9.78. The van der Waals surface area contributed by atoms with Gasteiger partial charge in [0, 0.05) is 12.5 Å². The highest BCUT2D eigenvalue weighted by Gasteiger charge is 2.33. The minimum atomic E-state index is -0.535. The Bertz CT molecular complexity index is 545. The molecule has 1 heterocycles. The van der Waals surface area contributed by atoms with Crippen LogP contribution in [0.25, 0.3) is 0 Å². The van der Waals surface area contributed by atoms with Gasteiger partial charge in [0.15, 0.2) is 5.78 Å². The molecule has 1 aliphatic rings. The van der Waals surface area contributed by atoms with Crippen molar-refractivity contribution >= 4 is 11.9 Å². The summed E-state index contributed by atoms with van der Waals surface area (Å²) >= 11 is 0. The first-order valence-electron chi connectivity index (χ1n) is 7.34.